The van der Waals surface area contributed by atoms with Crippen LogP contribution >= 0.6 is 0 Å². The number of hydrogen-bond acceptors (Lipinski definition) is 4. The number of amides is 1. The first-order valence-corrected chi connectivity index (χ1v) is 8.33. The highest BCUT2D eigenvalue weighted by molar-refractivity contribution is 5.99. The minimum Gasteiger partial charge on any atom is -0.466 e. The van der Waals surface area contributed by atoms with E-state index in [0.29, 0.717) is 19.8 Å². The van der Waals surface area contributed by atoms with Crippen LogP contribution in [0.2, 0.25) is 0 Å². The average molecular weight is 319 g/mol. The molecule has 0 spiro atoms. The van der Waals surface area contributed by atoms with E-state index in [2.05, 4.69) is 6.92 Å². The number of benzene rings is 1. The predicted octanol–water partition coefficient (Wildman–Crippen LogP) is 3.06. The summed E-state index contributed by atoms with van der Waals surface area (Å²) in [7, 11) is 0. The Morgan fingerprint density at radius 1 is 1.30 bits per heavy atom. The van der Waals surface area contributed by atoms with Gasteiger partial charge >= 0.3 is 5.97 Å². The van der Waals surface area contributed by atoms with Gasteiger partial charge in [-0.3, -0.25) is 9.59 Å². The smallest absolute Gasteiger partial charge is 0.308 e. The zero-order valence-electron chi connectivity index (χ0n) is 13.9. The van der Waals surface area contributed by atoms with Gasteiger partial charge in [-0.15, -0.1) is 0 Å². The highest BCUT2D eigenvalue weighted by atomic mass is 16.5. The van der Waals surface area contributed by atoms with Crippen molar-refractivity contribution < 1.29 is 19.1 Å². The summed E-state index contributed by atoms with van der Waals surface area (Å²) in [6, 6.07) is 7.75. The first-order chi connectivity index (χ1) is 11.2. The van der Waals surface area contributed by atoms with E-state index < -0.39 is 12.1 Å². The number of nitrogens with zero attached hydrogens (tertiary/aromatic N) is 1. The van der Waals surface area contributed by atoms with Crippen molar-refractivity contribution in [2.24, 2.45) is 0 Å². The Balaban J connectivity index is 2.18. The van der Waals surface area contributed by atoms with Crippen molar-refractivity contribution in [3.05, 3.63) is 29.8 Å². The van der Waals surface area contributed by atoms with Gasteiger partial charge in [0.05, 0.1) is 19.6 Å². The van der Waals surface area contributed by atoms with Gasteiger partial charge in [0.25, 0.3) is 5.91 Å². The van der Waals surface area contributed by atoms with Crippen LogP contribution in [-0.4, -0.2) is 31.1 Å². The molecule has 0 N–H and O–H groups in total. The van der Waals surface area contributed by atoms with Gasteiger partial charge in [0.1, 0.15) is 6.10 Å². The van der Waals surface area contributed by atoms with E-state index >= 15 is 0 Å². The number of fused-ring (bicyclic) bond motifs is 1. The molecule has 0 bridgehead atoms. The summed E-state index contributed by atoms with van der Waals surface area (Å²) in [6.45, 7) is 5.16. The zero-order chi connectivity index (χ0) is 16.7. The SMILES string of the molecule is CCCCCN1C(=O)C(CC(=O)OCC)OCc2ccccc21. The molecule has 1 aromatic carbocycles. The summed E-state index contributed by atoms with van der Waals surface area (Å²) in [5, 5.41) is 0. The molecule has 1 aliphatic heterocycles. The standard InChI is InChI=1S/C18H25NO4/c1-3-5-8-11-19-15-10-7-6-9-14(15)13-23-16(18(19)21)12-17(20)22-4-2/h6-7,9-10,16H,3-5,8,11-13H2,1-2H3. The molecule has 1 heterocycles. The third-order valence-electron chi connectivity index (χ3n) is 3.91. The van der Waals surface area contributed by atoms with Crippen LogP contribution in [0.5, 0.6) is 0 Å². The average Bonchev–Trinajstić information content (AvgIpc) is 2.67. The number of rotatable bonds is 7. The molecule has 0 radical (unpaired) electrons. The summed E-state index contributed by atoms with van der Waals surface area (Å²) in [6.07, 6.45) is 2.28. The fraction of sp³-hybridized carbons (Fsp3) is 0.556. The topological polar surface area (TPSA) is 55.8 Å². The van der Waals surface area contributed by atoms with E-state index in [9.17, 15) is 9.59 Å². The molecule has 0 aliphatic carbocycles. The van der Waals surface area contributed by atoms with Crippen molar-refractivity contribution in [3.8, 4) is 0 Å². The van der Waals surface area contributed by atoms with Gasteiger partial charge in [0.15, 0.2) is 0 Å². The molecule has 126 valence electrons. The third kappa shape index (κ3) is 4.55. The lowest BCUT2D eigenvalue weighted by Crippen LogP contribution is -2.41. The maximum Gasteiger partial charge on any atom is 0.308 e. The second-order valence-corrected chi connectivity index (χ2v) is 5.63. The lowest BCUT2D eigenvalue weighted by Gasteiger charge is -2.25. The largest absolute Gasteiger partial charge is 0.466 e. The number of para-hydroxylation sites is 1. The van der Waals surface area contributed by atoms with Crippen LogP contribution in [0.3, 0.4) is 0 Å². The molecule has 5 heteroatoms. The summed E-state index contributed by atoms with van der Waals surface area (Å²) in [5.74, 6) is -0.551. The highest BCUT2D eigenvalue weighted by Gasteiger charge is 2.32. The molecule has 2 rings (SSSR count). The molecule has 0 aromatic heterocycles. The van der Waals surface area contributed by atoms with Crippen molar-refractivity contribution in [2.45, 2.75) is 52.2 Å². The minimum absolute atomic E-state index is 0.0368. The van der Waals surface area contributed by atoms with E-state index in [0.717, 1.165) is 30.5 Å². The zero-order valence-corrected chi connectivity index (χ0v) is 13.9. The van der Waals surface area contributed by atoms with E-state index in [1.165, 1.54) is 0 Å². The number of carbonyl (C=O) groups is 2. The summed E-state index contributed by atoms with van der Waals surface area (Å²) < 4.78 is 10.7. The van der Waals surface area contributed by atoms with Crippen molar-refractivity contribution in [3.63, 3.8) is 0 Å². The molecule has 0 saturated heterocycles. The van der Waals surface area contributed by atoms with E-state index in [-0.39, 0.29) is 12.3 Å². The normalized spacial score (nSPS) is 17.6. The molecule has 23 heavy (non-hydrogen) atoms. The fourth-order valence-electron chi connectivity index (χ4n) is 2.72. The maximum absolute atomic E-state index is 12.8. The molecule has 1 atom stereocenters. The summed E-state index contributed by atoms with van der Waals surface area (Å²) in [5.41, 5.74) is 1.86. The Labute approximate surface area is 137 Å². The van der Waals surface area contributed by atoms with Crippen LogP contribution < -0.4 is 4.90 Å². The van der Waals surface area contributed by atoms with Crippen LogP contribution in [0.25, 0.3) is 0 Å². The Hall–Kier alpha value is -1.88. The van der Waals surface area contributed by atoms with Crippen molar-refractivity contribution in [1.82, 2.24) is 0 Å². The number of ether oxygens (including phenoxy) is 2. The van der Waals surface area contributed by atoms with Crippen LogP contribution in [0.4, 0.5) is 5.69 Å². The third-order valence-corrected chi connectivity index (χ3v) is 3.91. The summed E-state index contributed by atoms with van der Waals surface area (Å²) >= 11 is 0. The highest BCUT2D eigenvalue weighted by Crippen LogP contribution is 2.27. The first kappa shape index (κ1) is 17.5. The number of carbonyl (C=O) groups excluding carboxylic acids is 2. The molecule has 0 saturated carbocycles. The van der Waals surface area contributed by atoms with Crippen molar-refractivity contribution in [2.75, 3.05) is 18.1 Å². The molecular weight excluding hydrogens is 294 g/mol. The van der Waals surface area contributed by atoms with Crippen LogP contribution in [-0.2, 0) is 25.7 Å². The summed E-state index contributed by atoms with van der Waals surface area (Å²) in [4.78, 5) is 26.3. The van der Waals surface area contributed by atoms with Gasteiger partial charge in [-0.25, -0.2) is 0 Å². The van der Waals surface area contributed by atoms with Gasteiger partial charge in [0, 0.05) is 17.8 Å². The molecular formula is C18H25NO4. The second-order valence-electron chi connectivity index (χ2n) is 5.63. The monoisotopic (exact) mass is 319 g/mol. The maximum atomic E-state index is 12.8. The van der Waals surface area contributed by atoms with Gasteiger partial charge in [-0.05, 0) is 19.4 Å². The molecule has 1 aliphatic rings. The van der Waals surface area contributed by atoms with Gasteiger partial charge in [-0.2, -0.15) is 0 Å². The van der Waals surface area contributed by atoms with Crippen LogP contribution in [0.15, 0.2) is 24.3 Å². The van der Waals surface area contributed by atoms with Crippen molar-refractivity contribution in [1.29, 1.82) is 0 Å². The Morgan fingerprint density at radius 3 is 2.83 bits per heavy atom. The van der Waals surface area contributed by atoms with E-state index in [4.69, 9.17) is 9.47 Å². The quantitative estimate of drug-likeness (QED) is 0.572. The predicted molar refractivity (Wildman–Crippen MR) is 88.1 cm³/mol. The fourth-order valence-corrected chi connectivity index (χ4v) is 2.72. The number of anilines is 1. The number of hydrogen-bond donors (Lipinski definition) is 0. The Kier molecular flexibility index (Phi) is 6.59. The lowest BCUT2D eigenvalue weighted by atomic mass is 10.1. The molecule has 5 nitrogen and oxygen atoms in total. The Morgan fingerprint density at radius 2 is 2.09 bits per heavy atom. The van der Waals surface area contributed by atoms with Gasteiger partial charge in [0.2, 0.25) is 0 Å². The number of esters is 1. The van der Waals surface area contributed by atoms with Crippen molar-refractivity contribution >= 4 is 17.6 Å². The van der Waals surface area contributed by atoms with Gasteiger partial charge in [-0.1, -0.05) is 38.0 Å². The molecule has 0 fully saturated rings. The van der Waals surface area contributed by atoms with Gasteiger partial charge < -0.3 is 14.4 Å². The lowest BCUT2D eigenvalue weighted by molar-refractivity contribution is -0.150. The van der Waals surface area contributed by atoms with Crippen LogP contribution in [0, 0.1) is 0 Å². The first-order valence-electron chi connectivity index (χ1n) is 8.33. The van der Waals surface area contributed by atoms with E-state index in [1.807, 2.05) is 24.3 Å². The minimum atomic E-state index is -0.775. The molecule has 1 unspecified atom stereocenters. The second kappa shape index (κ2) is 8.67. The molecule has 1 amide bonds. The van der Waals surface area contributed by atoms with E-state index in [1.54, 1.807) is 11.8 Å². The molecule has 1 aromatic rings. The van der Waals surface area contributed by atoms with Crippen LogP contribution in [0.1, 0.15) is 45.1 Å². The Bertz CT molecular complexity index is 544. The number of unbranched alkanes of at least 4 members (excludes halogenated alkanes) is 2.